The van der Waals surface area contributed by atoms with E-state index < -0.39 is 5.60 Å². The van der Waals surface area contributed by atoms with Crippen LogP contribution >= 0.6 is 0 Å². The van der Waals surface area contributed by atoms with E-state index in [1.165, 1.54) is 11.1 Å². The summed E-state index contributed by atoms with van der Waals surface area (Å²) < 4.78 is 5.27. The number of ether oxygens (including phenoxy) is 1. The number of hydrogen-bond acceptors (Lipinski definition) is 3. The maximum atomic E-state index is 11.7. The van der Waals surface area contributed by atoms with Gasteiger partial charge in [-0.25, -0.2) is 4.79 Å². The molecular formula is C20H33NO3. The average molecular weight is 335 g/mol. The molecule has 1 rings (SSSR count). The summed E-state index contributed by atoms with van der Waals surface area (Å²) in [5, 5.41) is 12.0. The van der Waals surface area contributed by atoms with Gasteiger partial charge in [-0.2, -0.15) is 0 Å². The highest BCUT2D eigenvalue weighted by Gasteiger charge is 2.17. The molecule has 0 bridgehead atoms. The van der Waals surface area contributed by atoms with Crippen LogP contribution in [0.2, 0.25) is 0 Å². The number of alkyl carbamates (subject to hydrolysis) is 1. The smallest absolute Gasteiger partial charge is 0.407 e. The molecule has 0 aliphatic carbocycles. The first-order chi connectivity index (χ1) is 11.2. The Morgan fingerprint density at radius 3 is 2.38 bits per heavy atom. The van der Waals surface area contributed by atoms with E-state index in [0.29, 0.717) is 18.4 Å². The summed E-state index contributed by atoms with van der Waals surface area (Å²) in [4.78, 5) is 11.7. The molecule has 0 spiro atoms. The van der Waals surface area contributed by atoms with E-state index >= 15 is 0 Å². The van der Waals surface area contributed by atoms with Crippen LogP contribution in [-0.4, -0.2) is 30.0 Å². The van der Waals surface area contributed by atoms with Gasteiger partial charge in [0.25, 0.3) is 0 Å². The van der Waals surface area contributed by atoms with Gasteiger partial charge in [-0.15, -0.1) is 0 Å². The number of carbonyl (C=O) groups is 1. The van der Waals surface area contributed by atoms with E-state index in [-0.39, 0.29) is 12.7 Å². The van der Waals surface area contributed by atoms with E-state index in [4.69, 9.17) is 4.74 Å². The van der Waals surface area contributed by atoms with Crippen molar-refractivity contribution in [3.05, 3.63) is 35.4 Å². The summed E-state index contributed by atoms with van der Waals surface area (Å²) in [5.41, 5.74) is 2.19. The van der Waals surface area contributed by atoms with E-state index in [2.05, 4.69) is 43.4 Å². The summed E-state index contributed by atoms with van der Waals surface area (Å²) in [5.74, 6) is 0.651. The van der Waals surface area contributed by atoms with Crippen LogP contribution in [0.5, 0.6) is 0 Å². The number of aliphatic hydroxyl groups excluding tert-OH is 1. The van der Waals surface area contributed by atoms with Gasteiger partial charge in [0.2, 0.25) is 0 Å². The minimum absolute atomic E-state index is 0.235. The summed E-state index contributed by atoms with van der Waals surface area (Å²) in [6.45, 7) is 10.6. The first-order valence-corrected chi connectivity index (χ1v) is 8.85. The van der Waals surface area contributed by atoms with Gasteiger partial charge in [0, 0.05) is 13.2 Å². The van der Waals surface area contributed by atoms with Gasteiger partial charge in [0.05, 0.1) is 0 Å². The normalized spacial score (nSPS) is 14.1. The molecule has 0 aliphatic heterocycles. The summed E-state index contributed by atoms with van der Waals surface area (Å²) in [6.07, 6.45) is 2.51. The highest BCUT2D eigenvalue weighted by Crippen LogP contribution is 2.17. The van der Waals surface area contributed by atoms with E-state index in [9.17, 15) is 9.90 Å². The molecule has 4 nitrogen and oxygen atoms in total. The Bertz CT molecular complexity index is 508. The molecule has 0 aromatic heterocycles. The zero-order chi connectivity index (χ0) is 18.2. The Balaban J connectivity index is 2.51. The lowest BCUT2D eigenvalue weighted by Crippen LogP contribution is -2.35. The molecule has 0 unspecified atom stereocenters. The van der Waals surface area contributed by atoms with Crippen molar-refractivity contribution in [2.45, 2.75) is 59.5 Å². The zero-order valence-electron chi connectivity index (χ0n) is 15.8. The topological polar surface area (TPSA) is 58.6 Å². The Labute approximate surface area is 146 Å². The lowest BCUT2D eigenvalue weighted by Gasteiger charge is -2.21. The molecule has 0 aliphatic rings. The van der Waals surface area contributed by atoms with Crippen molar-refractivity contribution in [3.63, 3.8) is 0 Å². The molecule has 2 N–H and O–H groups in total. The van der Waals surface area contributed by atoms with Gasteiger partial charge in [-0.3, -0.25) is 0 Å². The molecule has 0 saturated heterocycles. The second-order valence-electron chi connectivity index (χ2n) is 7.79. The fourth-order valence-electron chi connectivity index (χ4n) is 2.51. The first-order valence-electron chi connectivity index (χ1n) is 8.85. The van der Waals surface area contributed by atoms with Crippen molar-refractivity contribution in [1.29, 1.82) is 0 Å². The lowest BCUT2D eigenvalue weighted by atomic mass is 9.92. The summed E-state index contributed by atoms with van der Waals surface area (Å²) >= 11 is 0. The molecule has 1 aromatic rings. The van der Waals surface area contributed by atoms with Crippen molar-refractivity contribution >= 4 is 6.09 Å². The van der Waals surface area contributed by atoms with Crippen molar-refractivity contribution < 1.29 is 14.6 Å². The summed E-state index contributed by atoms with van der Waals surface area (Å²) in [7, 11) is 0. The van der Waals surface area contributed by atoms with Crippen molar-refractivity contribution in [3.8, 4) is 0 Å². The third-order valence-corrected chi connectivity index (χ3v) is 3.90. The monoisotopic (exact) mass is 335 g/mol. The lowest BCUT2D eigenvalue weighted by molar-refractivity contribution is 0.0520. The van der Waals surface area contributed by atoms with Crippen molar-refractivity contribution in [2.24, 2.45) is 11.8 Å². The van der Waals surface area contributed by atoms with Crippen LogP contribution in [0.1, 0.15) is 52.2 Å². The van der Waals surface area contributed by atoms with Crippen LogP contribution in [0.15, 0.2) is 24.3 Å². The highest BCUT2D eigenvalue weighted by atomic mass is 16.6. The molecule has 0 fully saturated rings. The molecular weight excluding hydrogens is 302 g/mol. The molecule has 0 radical (unpaired) electrons. The molecule has 0 saturated carbocycles. The van der Waals surface area contributed by atoms with Gasteiger partial charge in [0.1, 0.15) is 5.60 Å². The molecule has 136 valence electrons. The van der Waals surface area contributed by atoms with Crippen LogP contribution in [0, 0.1) is 11.8 Å². The number of carbonyl (C=O) groups excluding carboxylic acids is 1. The molecule has 2 atom stereocenters. The number of aliphatic hydroxyl groups is 1. The van der Waals surface area contributed by atoms with Crippen molar-refractivity contribution in [1.82, 2.24) is 5.32 Å². The van der Waals surface area contributed by atoms with Crippen LogP contribution in [0.3, 0.4) is 0 Å². The predicted molar refractivity (Wildman–Crippen MR) is 98.1 cm³/mol. The van der Waals surface area contributed by atoms with Gasteiger partial charge in [-0.05, 0) is 63.0 Å². The minimum Gasteiger partial charge on any atom is -0.444 e. The molecule has 0 heterocycles. The maximum Gasteiger partial charge on any atom is 0.407 e. The zero-order valence-corrected chi connectivity index (χ0v) is 15.8. The SMILES string of the molecule is C[C@H](CO)CCc1ccccc1C[C@H](C)CNC(=O)OC(C)(C)C. The number of hydrogen-bond donors (Lipinski definition) is 2. The third-order valence-electron chi connectivity index (χ3n) is 3.90. The fraction of sp³-hybridized carbons (Fsp3) is 0.650. The van der Waals surface area contributed by atoms with E-state index in [1.807, 2.05) is 20.8 Å². The summed E-state index contributed by atoms with van der Waals surface area (Å²) in [6, 6.07) is 8.44. The van der Waals surface area contributed by atoms with Crippen LogP contribution in [0.4, 0.5) is 4.79 Å². The second kappa shape index (κ2) is 9.67. The second-order valence-corrected chi connectivity index (χ2v) is 7.79. The van der Waals surface area contributed by atoms with Gasteiger partial charge in [-0.1, -0.05) is 38.1 Å². The Hall–Kier alpha value is -1.55. The van der Waals surface area contributed by atoms with Gasteiger partial charge in [0.15, 0.2) is 0 Å². The number of rotatable bonds is 8. The number of benzene rings is 1. The molecule has 4 heteroatoms. The maximum absolute atomic E-state index is 11.7. The van der Waals surface area contributed by atoms with Gasteiger partial charge < -0.3 is 15.2 Å². The van der Waals surface area contributed by atoms with Crippen LogP contribution in [0.25, 0.3) is 0 Å². The Kier molecular flexibility index (Phi) is 8.26. The molecule has 24 heavy (non-hydrogen) atoms. The largest absolute Gasteiger partial charge is 0.444 e. The quantitative estimate of drug-likeness (QED) is 0.756. The number of amides is 1. The van der Waals surface area contributed by atoms with Crippen molar-refractivity contribution in [2.75, 3.05) is 13.2 Å². The fourth-order valence-corrected chi connectivity index (χ4v) is 2.51. The molecule has 1 aromatic carbocycles. The van der Waals surface area contributed by atoms with E-state index in [1.54, 1.807) is 0 Å². The third kappa shape index (κ3) is 8.34. The predicted octanol–water partition coefficient (Wildman–Crippen LogP) is 3.95. The van der Waals surface area contributed by atoms with E-state index in [0.717, 1.165) is 19.3 Å². The number of aryl methyl sites for hydroxylation is 1. The standard InChI is InChI=1S/C20H33NO3/c1-15(14-22)10-11-17-8-6-7-9-18(17)12-16(2)13-21-19(23)24-20(3,4)5/h6-9,15-16,22H,10-14H2,1-5H3,(H,21,23)/t15-,16-/m0/s1. The van der Waals surface area contributed by atoms with Crippen LogP contribution < -0.4 is 5.32 Å². The minimum atomic E-state index is -0.469. The van der Waals surface area contributed by atoms with Crippen LogP contribution in [-0.2, 0) is 17.6 Å². The highest BCUT2D eigenvalue weighted by molar-refractivity contribution is 5.67. The molecule has 1 amide bonds. The first kappa shape index (κ1) is 20.5. The van der Waals surface area contributed by atoms with Gasteiger partial charge >= 0.3 is 6.09 Å². The Morgan fingerprint density at radius 2 is 1.79 bits per heavy atom. The number of nitrogens with one attached hydrogen (secondary N) is 1. The average Bonchev–Trinajstić information content (AvgIpc) is 2.50. The Morgan fingerprint density at radius 1 is 1.17 bits per heavy atom.